The van der Waals surface area contributed by atoms with Crippen molar-refractivity contribution in [3.05, 3.63) is 69.9 Å². The molecule has 2 aliphatic rings. The Morgan fingerprint density at radius 1 is 1.09 bits per heavy atom. The van der Waals surface area contributed by atoms with Crippen LogP contribution < -0.4 is 4.74 Å². The molecular formula is C23H21F5N2O3. The third-order valence-electron chi connectivity index (χ3n) is 5.93. The number of hydrogen-bond donors (Lipinski definition) is 1. The van der Waals surface area contributed by atoms with Gasteiger partial charge in [0.2, 0.25) is 0 Å². The van der Waals surface area contributed by atoms with Crippen molar-refractivity contribution >= 4 is 11.6 Å². The Morgan fingerprint density at radius 3 is 2.30 bits per heavy atom. The van der Waals surface area contributed by atoms with Crippen LogP contribution in [0.3, 0.4) is 0 Å². The molecule has 2 heterocycles. The second-order valence-corrected chi connectivity index (χ2v) is 8.57. The van der Waals surface area contributed by atoms with E-state index in [2.05, 4.69) is 0 Å². The number of amides is 1. The molecule has 0 atom stereocenters. The van der Waals surface area contributed by atoms with Crippen molar-refractivity contribution in [2.24, 2.45) is 0 Å². The molecule has 1 amide bonds. The van der Waals surface area contributed by atoms with E-state index < -0.39 is 34.7 Å². The Balaban J connectivity index is 2.02. The van der Waals surface area contributed by atoms with Crippen LogP contribution in [0.15, 0.2) is 42.1 Å². The molecule has 4 rings (SSSR count). The Bertz CT molecular complexity index is 1190. The Kier molecular flexibility index (Phi) is 5.01. The van der Waals surface area contributed by atoms with Crippen molar-refractivity contribution in [1.29, 1.82) is 0 Å². The number of fused-ring (bicyclic) bond motifs is 2. The highest BCUT2D eigenvalue weighted by Crippen LogP contribution is 2.51. The highest BCUT2D eigenvalue weighted by Gasteiger charge is 2.60. The molecule has 0 saturated heterocycles. The molecule has 0 fully saturated rings. The SMILES string of the molecule is Cc1c(C(F)(F)C(F)(F)F)ccc2c1C(N1Cc3ccccc3C1=O)=C(N(C)O)C(C)(C)O2. The first kappa shape index (κ1) is 23.0. The zero-order valence-corrected chi connectivity index (χ0v) is 18.2. The van der Waals surface area contributed by atoms with E-state index in [1.165, 1.54) is 11.9 Å². The van der Waals surface area contributed by atoms with Gasteiger partial charge in [-0.2, -0.15) is 22.0 Å². The van der Waals surface area contributed by atoms with Crippen LogP contribution in [-0.4, -0.2) is 39.9 Å². The Labute approximate surface area is 186 Å². The lowest BCUT2D eigenvalue weighted by atomic mass is 9.88. The molecule has 0 aliphatic carbocycles. The Morgan fingerprint density at radius 2 is 1.73 bits per heavy atom. The van der Waals surface area contributed by atoms with Crippen molar-refractivity contribution in [3.63, 3.8) is 0 Å². The molecule has 2 aliphatic heterocycles. The first-order valence-electron chi connectivity index (χ1n) is 10.0. The number of nitrogens with zero attached hydrogens (tertiary/aromatic N) is 2. The smallest absolute Gasteiger partial charge is 0.458 e. The molecule has 0 aromatic heterocycles. The molecule has 1 N–H and O–H groups in total. The standard InChI is InChI=1S/C23H21F5N2O3/c1-12-15(22(24,25)23(26,27)28)9-10-16-17(12)18(19(29(4)32)21(2,3)33-16)30-11-13-7-5-6-8-14(13)20(30)31/h5-10,32H,11H2,1-4H3. The quantitative estimate of drug-likeness (QED) is 0.480. The van der Waals surface area contributed by atoms with Gasteiger partial charge in [-0.25, -0.2) is 0 Å². The van der Waals surface area contributed by atoms with E-state index >= 15 is 0 Å². The van der Waals surface area contributed by atoms with Gasteiger partial charge in [0.05, 0.1) is 12.2 Å². The normalized spacial score (nSPS) is 17.6. The van der Waals surface area contributed by atoms with E-state index in [-0.39, 0.29) is 29.3 Å². The summed E-state index contributed by atoms with van der Waals surface area (Å²) in [5, 5.41) is 11.1. The molecule has 0 radical (unpaired) electrons. The van der Waals surface area contributed by atoms with Crippen LogP contribution in [0.4, 0.5) is 22.0 Å². The highest BCUT2D eigenvalue weighted by atomic mass is 19.4. The first-order valence-corrected chi connectivity index (χ1v) is 10.0. The molecular weight excluding hydrogens is 447 g/mol. The van der Waals surface area contributed by atoms with Crippen LogP contribution in [0.1, 0.15) is 46.5 Å². The van der Waals surface area contributed by atoms with E-state index in [4.69, 9.17) is 4.74 Å². The van der Waals surface area contributed by atoms with Crippen molar-refractivity contribution < 1.29 is 36.7 Å². The molecule has 0 saturated carbocycles. The maximum Gasteiger partial charge on any atom is 0.458 e. The number of hydrogen-bond acceptors (Lipinski definition) is 4. The minimum Gasteiger partial charge on any atom is -0.481 e. The molecule has 2 aromatic rings. The molecule has 2 aromatic carbocycles. The topological polar surface area (TPSA) is 53.0 Å². The highest BCUT2D eigenvalue weighted by molar-refractivity contribution is 6.04. The van der Waals surface area contributed by atoms with Crippen LogP contribution in [0.2, 0.25) is 0 Å². The van der Waals surface area contributed by atoms with Crippen molar-refractivity contribution in [2.45, 2.75) is 45.0 Å². The molecule has 0 spiro atoms. The fourth-order valence-corrected chi connectivity index (χ4v) is 4.53. The van der Waals surface area contributed by atoms with Gasteiger partial charge in [0.25, 0.3) is 5.91 Å². The minimum atomic E-state index is -5.82. The molecule has 33 heavy (non-hydrogen) atoms. The van der Waals surface area contributed by atoms with E-state index in [1.807, 2.05) is 0 Å². The summed E-state index contributed by atoms with van der Waals surface area (Å²) in [7, 11) is 1.27. The zero-order valence-electron chi connectivity index (χ0n) is 18.2. The molecule has 5 nitrogen and oxygen atoms in total. The van der Waals surface area contributed by atoms with Crippen LogP contribution in [0.25, 0.3) is 5.70 Å². The number of alkyl halides is 5. The number of hydroxylamine groups is 2. The summed E-state index contributed by atoms with van der Waals surface area (Å²) in [6, 6.07) is 8.46. The largest absolute Gasteiger partial charge is 0.481 e. The van der Waals surface area contributed by atoms with E-state index in [0.29, 0.717) is 22.3 Å². The van der Waals surface area contributed by atoms with E-state index in [1.54, 1.807) is 38.1 Å². The lowest BCUT2D eigenvalue weighted by Crippen LogP contribution is -2.44. The predicted molar refractivity (Wildman–Crippen MR) is 109 cm³/mol. The van der Waals surface area contributed by atoms with Gasteiger partial charge in [0.1, 0.15) is 17.0 Å². The number of carbonyl (C=O) groups excluding carboxylic acids is 1. The number of rotatable bonds is 3. The van der Waals surface area contributed by atoms with Gasteiger partial charge in [-0.05, 0) is 50.1 Å². The molecule has 0 unspecified atom stereocenters. The van der Waals surface area contributed by atoms with Crippen molar-refractivity contribution in [3.8, 4) is 5.75 Å². The minimum absolute atomic E-state index is 0.0183. The number of ether oxygens (including phenoxy) is 1. The summed E-state index contributed by atoms with van der Waals surface area (Å²) in [4.78, 5) is 14.5. The predicted octanol–water partition coefficient (Wildman–Crippen LogP) is 5.47. The average Bonchev–Trinajstić information content (AvgIpc) is 3.01. The molecule has 0 bridgehead atoms. The van der Waals surface area contributed by atoms with Gasteiger partial charge >= 0.3 is 12.1 Å². The lowest BCUT2D eigenvalue weighted by Gasteiger charge is -2.42. The van der Waals surface area contributed by atoms with Gasteiger partial charge in [0.15, 0.2) is 0 Å². The van der Waals surface area contributed by atoms with Gasteiger partial charge in [-0.1, -0.05) is 18.2 Å². The third kappa shape index (κ3) is 3.35. The van der Waals surface area contributed by atoms with Crippen LogP contribution >= 0.6 is 0 Å². The number of benzene rings is 2. The summed E-state index contributed by atoms with van der Waals surface area (Å²) in [6.45, 7) is 4.37. The van der Waals surface area contributed by atoms with Gasteiger partial charge < -0.3 is 9.64 Å². The summed E-state index contributed by atoms with van der Waals surface area (Å²) in [5.74, 6) is -5.56. The molecule has 176 valence electrons. The van der Waals surface area contributed by atoms with Crippen molar-refractivity contribution in [1.82, 2.24) is 9.96 Å². The van der Waals surface area contributed by atoms with Crippen molar-refractivity contribution in [2.75, 3.05) is 7.05 Å². The summed E-state index contributed by atoms with van der Waals surface area (Å²) in [5.41, 5.74) is -1.88. The fraction of sp³-hybridized carbons (Fsp3) is 0.348. The first-order chi connectivity index (χ1) is 15.2. The number of carbonyl (C=O) groups is 1. The maximum atomic E-state index is 14.4. The lowest BCUT2D eigenvalue weighted by molar-refractivity contribution is -0.289. The summed E-state index contributed by atoms with van der Waals surface area (Å²) in [6.07, 6.45) is -5.82. The fourth-order valence-electron chi connectivity index (χ4n) is 4.53. The van der Waals surface area contributed by atoms with Crippen LogP contribution in [0.5, 0.6) is 5.75 Å². The molecule has 10 heteroatoms. The Hall–Kier alpha value is -3.14. The van der Waals surface area contributed by atoms with Crippen LogP contribution in [0, 0.1) is 6.92 Å². The second-order valence-electron chi connectivity index (χ2n) is 8.57. The average molecular weight is 468 g/mol. The van der Waals surface area contributed by atoms with Gasteiger partial charge in [0, 0.05) is 23.7 Å². The number of likely N-dealkylation sites (N-methyl/N-ethyl adjacent to an activating group) is 1. The maximum absolute atomic E-state index is 14.4. The summed E-state index contributed by atoms with van der Waals surface area (Å²) < 4.78 is 74.2. The van der Waals surface area contributed by atoms with E-state index in [0.717, 1.165) is 13.0 Å². The summed E-state index contributed by atoms with van der Waals surface area (Å²) >= 11 is 0. The van der Waals surface area contributed by atoms with Gasteiger partial charge in [-0.15, -0.1) is 0 Å². The van der Waals surface area contributed by atoms with E-state index in [9.17, 15) is 32.0 Å². The monoisotopic (exact) mass is 468 g/mol. The number of halogens is 5. The van der Waals surface area contributed by atoms with Gasteiger partial charge in [-0.3, -0.25) is 15.1 Å². The third-order valence-corrected chi connectivity index (χ3v) is 5.93. The zero-order chi connectivity index (χ0) is 24.5. The van der Waals surface area contributed by atoms with Crippen LogP contribution in [-0.2, 0) is 12.5 Å². The second kappa shape index (κ2) is 7.18.